The van der Waals surface area contributed by atoms with Gasteiger partial charge in [-0.2, -0.15) is 0 Å². The maximum absolute atomic E-state index is 5.11. The Balaban J connectivity index is 2.25. The van der Waals surface area contributed by atoms with E-state index in [4.69, 9.17) is 9.47 Å². The van der Waals surface area contributed by atoms with E-state index in [-0.39, 0.29) is 0 Å². The van der Waals surface area contributed by atoms with Crippen LogP contribution in [0.3, 0.4) is 0 Å². The minimum absolute atomic E-state index is 0.721. The van der Waals surface area contributed by atoms with Crippen molar-refractivity contribution in [3.8, 4) is 0 Å². The van der Waals surface area contributed by atoms with Crippen molar-refractivity contribution >= 4 is 3.39 Å². The molecule has 3 heteroatoms. The predicted octanol–water partition coefficient (Wildman–Crippen LogP) is -0.290. The van der Waals surface area contributed by atoms with Gasteiger partial charge in [0.05, 0.1) is 0 Å². The molecule has 0 spiro atoms. The van der Waals surface area contributed by atoms with Crippen molar-refractivity contribution in [3.05, 3.63) is 0 Å². The van der Waals surface area contributed by atoms with E-state index in [0.717, 1.165) is 23.2 Å². The van der Waals surface area contributed by atoms with Gasteiger partial charge >= 0.3 is 56.9 Å². The summed E-state index contributed by atoms with van der Waals surface area (Å²) in [5.74, 6) is 0. The van der Waals surface area contributed by atoms with Gasteiger partial charge in [-0.1, -0.05) is 0 Å². The summed E-state index contributed by atoms with van der Waals surface area (Å²) in [5.41, 5.74) is 0. The molecule has 0 radical (unpaired) electrons. The molecule has 1 rings (SSSR count). The van der Waals surface area contributed by atoms with E-state index >= 15 is 0 Å². The summed E-state index contributed by atoms with van der Waals surface area (Å²) in [7, 11) is 0. The third-order valence-electron chi connectivity index (χ3n) is 0.737. The SMILES string of the molecule is [Zr+2]=[C]1COCCO1. The molecule has 0 aromatic rings. The summed E-state index contributed by atoms with van der Waals surface area (Å²) in [4.78, 5) is 0. The van der Waals surface area contributed by atoms with Gasteiger partial charge < -0.3 is 0 Å². The van der Waals surface area contributed by atoms with E-state index in [1.54, 1.807) is 0 Å². The van der Waals surface area contributed by atoms with Crippen molar-refractivity contribution in [2.75, 3.05) is 19.8 Å². The zero-order chi connectivity index (χ0) is 5.11. The first kappa shape index (κ1) is 5.80. The van der Waals surface area contributed by atoms with Crippen LogP contribution >= 0.6 is 0 Å². The van der Waals surface area contributed by atoms with Crippen LogP contribution in [0, 0.1) is 0 Å². The van der Waals surface area contributed by atoms with Gasteiger partial charge in [0.25, 0.3) is 0 Å². The van der Waals surface area contributed by atoms with E-state index in [9.17, 15) is 0 Å². The maximum atomic E-state index is 5.11. The topological polar surface area (TPSA) is 18.5 Å². The van der Waals surface area contributed by atoms with Crippen LogP contribution in [-0.2, 0) is 33.7 Å². The molecule has 0 atom stereocenters. The molecule has 1 saturated heterocycles. The molecule has 1 heterocycles. The fourth-order valence-corrected chi connectivity index (χ4v) is 0.932. The average Bonchev–Trinajstić information content (AvgIpc) is 1.69. The van der Waals surface area contributed by atoms with Crippen molar-refractivity contribution < 1.29 is 33.7 Å². The number of hydrogen-bond donors (Lipinski definition) is 0. The van der Waals surface area contributed by atoms with Crippen molar-refractivity contribution in [2.45, 2.75) is 0 Å². The summed E-state index contributed by atoms with van der Waals surface area (Å²) in [6, 6.07) is 0. The van der Waals surface area contributed by atoms with Gasteiger partial charge in [-0.25, -0.2) is 0 Å². The van der Waals surface area contributed by atoms with Gasteiger partial charge in [-0.05, 0) is 0 Å². The second-order valence-corrected chi connectivity index (χ2v) is 2.70. The number of rotatable bonds is 0. The van der Waals surface area contributed by atoms with Gasteiger partial charge in [0, 0.05) is 0 Å². The Labute approximate surface area is 57.1 Å². The Kier molecular flexibility index (Phi) is 2.37. The van der Waals surface area contributed by atoms with E-state index in [1.165, 1.54) is 24.2 Å². The molecule has 0 bridgehead atoms. The fourth-order valence-electron chi connectivity index (χ4n) is 0.430. The van der Waals surface area contributed by atoms with Crippen LogP contribution in [0.1, 0.15) is 0 Å². The van der Waals surface area contributed by atoms with Crippen LogP contribution in [0.5, 0.6) is 0 Å². The predicted molar refractivity (Wildman–Crippen MR) is 21.8 cm³/mol. The van der Waals surface area contributed by atoms with Crippen molar-refractivity contribution in [2.24, 2.45) is 0 Å². The Morgan fingerprint density at radius 3 is 2.57 bits per heavy atom. The molecule has 0 amide bonds. The standard InChI is InChI=1S/C4H6O2.Zr/c1-2-6-4-3-5-1;/h1-3H2;/q;+2. The van der Waals surface area contributed by atoms with Crippen LogP contribution in [0.25, 0.3) is 0 Å². The van der Waals surface area contributed by atoms with E-state index in [1.807, 2.05) is 0 Å². The third kappa shape index (κ3) is 1.94. The van der Waals surface area contributed by atoms with Crippen molar-refractivity contribution in [1.82, 2.24) is 0 Å². The molecular weight excluding hydrogens is 171 g/mol. The van der Waals surface area contributed by atoms with Crippen molar-refractivity contribution in [3.63, 3.8) is 0 Å². The Bertz CT molecular complexity index is 73.8. The van der Waals surface area contributed by atoms with Gasteiger partial charge in [0.1, 0.15) is 0 Å². The zero-order valence-electron chi connectivity index (χ0n) is 3.94. The van der Waals surface area contributed by atoms with Gasteiger partial charge in [0.15, 0.2) is 0 Å². The molecule has 2 nitrogen and oxygen atoms in total. The molecule has 0 unspecified atom stereocenters. The number of ether oxygens (including phenoxy) is 2. The molecule has 0 saturated carbocycles. The normalized spacial score (nSPS) is 22.9. The average molecular weight is 177 g/mol. The molecule has 1 aliphatic rings. The summed E-state index contributed by atoms with van der Waals surface area (Å²) < 4.78 is 11.2. The quantitative estimate of drug-likeness (QED) is 0.506. The molecule has 0 aromatic carbocycles. The van der Waals surface area contributed by atoms with E-state index in [0.29, 0.717) is 0 Å². The molecule has 1 aliphatic heterocycles. The van der Waals surface area contributed by atoms with E-state index in [2.05, 4.69) is 0 Å². The van der Waals surface area contributed by atoms with Crippen LogP contribution < -0.4 is 0 Å². The molecule has 7 heavy (non-hydrogen) atoms. The minimum atomic E-state index is 0.721. The molecule has 0 N–H and O–H groups in total. The molecule has 0 aromatic heterocycles. The van der Waals surface area contributed by atoms with Gasteiger partial charge in [-0.3, -0.25) is 0 Å². The Morgan fingerprint density at radius 2 is 2.29 bits per heavy atom. The summed E-state index contributed by atoms with van der Waals surface area (Å²) in [6.07, 6.45) is 0. The number of hydrogen-bond acceptors (Lipinski definition) is 2. The van der Waals surface area contributed by atoms with Gasteiger partial charge in [0.2, 0.25) is 0 Å². The van der Waals surface area contributed by atoms with E-state index < -0.39 is 0 Å². The van der Waals surface area contributed by atoms with Crippen LogP contribution in [0.15, 0.2) is 0 Å². The first-order chi connectivity index (χ1) is 3.39. The summed E-state index contributed by atoms with van der Waals surface area (Å²) >= 11 is 1.34. The first-order valence-electron chi connectivity index (χ1n) is 2.17. The second kappa shape index (κ2) is 2.86. The third-order valence-corrected chi connectivity index (χ3v) is 1.45. The van der Waals surface area contributed by atoms with Crippen LogP contribution in [0.2, 0.25) is 0 Å². The van der Waals surface area contributed by atoms with Crippen LogP contribution in [0.4, 0.5) is 0 Å². The zero-order valence-corrected chi connectivity index (χ0v) is 6.40. The van der Waals surface area contributed by atoms with Crippen molar-refractivity contribution in [1.29, 1.82) is 0 Å². The summed E-state index contributed by atoms with van der Waals surface area (Å²) in [6.45, 7) is 2.23. The molecule has 1 fully saturated rings. The molecular formula is C4H6O2Zr+2. The molecule has 0 aliphatic carbocycles. The first-order valence-corrected chi connectivity index (χ1v) is 3.40. The molecule has 36 valence electrons. The Morgan fingerprint density at radius 1 is 1.43 bits per heavy atom. The van der Waals surface area contributed by atoms with Gasteiger partial charge in [-0.15, -0.1) is 0 Å². The Hall–Kier alpha value is 0.673. The monoisotopic (exact) mass is 176 g/mol. The summed E-state index contributed by atoms with van der Waals surface area (Å²) in [5, 5.41) is 0. The second-order valence-electron chi connectivity index (χ2n) is 1.32. The fraction of sp³-hybridized carbons (Fsp3) is 0.750. The van der Waals surface area contributed by atoms with Crippen LogP contribution in [-0.4, -0.2) is 23.2 Å².